The van der Waals surface area contributed by atoms with Crippen molar-refractivity contribution in [3.63, 3.8) is 0 Å². The number of hydrogen-bond donors (Lipinski definition) is 3. The van der Waals surface area contributed by atoms with Gasteiger partial charge in [-0.25, -0.2) is 17.5 Å². The lowest BCUT2D eigenvalue weighted by atomic mass is 10.2. The van der Waals surface area contributed by atoms with Crippen LogP contribution in [0.2, 0.25) is 0 Å². The highest BCUT2D eigenvalue weighted by atomic mass is 32.2. The molecule has 9 heteroatoms. The molecular weight excluding hydrogens is 298 g/mol. The lowest BCUT2D eigenvalue weighted by Gasteiger charge is -2.30. The summed E-state index contributed by atoms with van der Waals surface area (Å²) in [6, 6.07) is 4.84. The van der Waals surface area contributed by atoms with Gasteiger partial charge in [-0.05, 0) is 18.2 Å². The zero-order valence-corrected chi connectivity index (χ0v) is 12.5. The largest absolute Gasteiger partial charge is 0.485 e. The summed E-state index contributed by atoms with van der Waals surface area (Å²) < 4.78 is 29.7. The fourth-order valence-electron chi connectivity index (χ4n) is 1.94. The zero-order chi connectivity index (χ0) is 15.6. The molecule has 1 atom stereocenters. The molecule has 1 heterocycles. The minimum Gasteiger partial charge on any atom is -0.485 e. The molecule has 21 heavy (non-hydrogen) atoms. The van der Waals surface area contributed by atoms with Crippen LogP contribution in [0.15, 0.2) is 18.2 Å². The van der Waals surface area contributed by atoms with Crippen LogP contribution >= 0.6 is 0 Å². The molecule has 3 N–H and O–H groups in total. The lowest BCUT2D eigenvalue weighted by Crippen LogP contribution is -2.42. The highest BCUT2D eigenvalue weighted by Gasteiger charge is 2.24. The van der Waals surface area contributed by atoms with Gasteiger partial charge in [0, 0.05) is 12.7 Å². The third kappa shape index (κ3) is 3.99. The van der Waals surface area contributed by atoms with Gasteiger partial charge in [0.15, 0.2) is 0 Å². The molecular formula is C12H17N3O5S. The monoisotopic (exact) mass is 315 g/mol. The molecule has 0 spiro atoms. The Labute approximate surface area is 122 Å². The topological polar surface area (TPSA) is 108 Å². The fraction of sp³-hybridized carbons (Fsp3) is 0.417. The predicted octanol–water partition coefficient (Wildman–Crippen LogP) is 0.841. The van der Waals surface area contributed by atoms with E-state index in [1.165, 1.54) is 11.4 Å². The second-order valence-corrected chi connectivity index (χ2v) is 6.89. The fourth-order valence-corrected chi connectivity index (χ4v) is 2.38. The SMILES string of the molecule is CN(CC1CNc2cc(NC(=O)O)ccc2O1)S(C)(=O)=O. The number of carboxylic acid groups (broad SMARTS) is 1. The number of benzene rings is 1. The third-order valence-electron chi connectivity index (χ3n) is 3.07. The van der Waals surface area contributed by atoms with Crippen molar-refractivity contribution in [2.75, 3.05) is 37.0 Å². The summed E-state index contributed by atoms with van der Waals surface area (Å²) in [6.07, 6.45) is -0.309. The maximum Gasteiger partial charge on any atom is 0.409 e. The van der Waals surface area contributed by atoms with Crippen molar-refractivity contribution in [3.05, 3.63) is 18.2 Å². The van der Waals surface area contributed by atoms with Crippen LogP contribution in [0.3, 0.4) is 0 Å². The molecule has 0 saturated carbocycles. The number of sulfonamides is 1. The Morgan fingerprint density at radius 2 is 2.29 bits per heavy atom. The van der Waals surface area contributed by atoms with Crippen LogP contribution < -0.4 is 15.4 Å². The first kappa shape index (κ1) is 15.4. The summed E-state index contributed by atoms with van der Waals surface area (Å²) >= 11 is 0. The normalized spacial score (nSPS) is 17.6. The zero-order valence-electron chi connectivity index (χ0n) is 11.7. The Morgan fingerprint density at radius 3 is 2.90 bits per heavy atom. The van der Waals surface area contributed by atoms with Gasteiger partial charge in [-0.1, -0.05) is 0 Å². The van der Waals surface area contributed by atoms with E-state index in [2.05, 4.69) is 10.6 Å². The average Bonchev–Trinajstić information content (AvgIpc) is 2.37. The van der Waals surface area contributed by atoms with E-state index >= 15 is 0 Å². The molecule has 0 aromatic heterocycles. The van der Waals surface area contributed by atoms with E-state index in [9.17, 15) is 13.2 Å². The van der Waals surface area contributed by atoms with Crippen LogP contribution in [-0.4, -0.2) is 56.4 Å². The highest BCUT2D eigenvalue weighted by Crippen LogP contribution is 2.31. The Morgan fingerprint density at radius 1 is 1.57 bits per heavy atom. The molecule has 1 aromatic carbocycles. The number of rotatable bonds is 4. The maximum atomic E-state index is 11.4. The first-order chi connectivity index (χ1) is 9.75. The molecule has 0 aliphatic carbocycles. The number of fused-ring (bicyclic) bond motifs is 1. The number of likely N-dealkylation sites (N-methyl/N-ethyl adjacent to an activating group) is 1. The van der Waals surface area contributed by atoms with E-state index in [1.807, 2.05) is 0 Å². The molecule has 0 saturated heterocycles. The predicted molar refractivity (Wildman–Crippen MR) is 78.5 cm³/mol. The van der Waals surface area contributed by atoms with Gasteiger partial charge in [0.1, 0.15) is 11.9 Å². The highest BCUT2D eigenvalue weighted by molar-refractivity contribution is 7.88. The van der Waals surface area contributed by atoms with E-state index in [4.69, 9.17) is 9.84 Å². The van der Waals surface area contributed by atoms with Crippen molar-refractivity contribution in [1.82, 2.24) is 4.31 Å². The number of amides is 1. The first-order valence-corrected chi connectivity index (χ1v) is 8.06. The van der Waals surface area contributed by atoms with Crippen molar-refractivity contribution in [1.29, 1.82) is 0 Å². The van der Waals surface area contributed by atoms with Crippen molar-refractivity contribution in [2.24, 2.45) is 0 Å². The van der Waals surface area contributed by atoms with Crippen LogP contribution in [0.1, 0.15) is 0 Å². The first-order valence-electron chi connectivity index (χ1n) is 6.21. The molecule has 1 amide bonds. The molecule has 1 aliphatic rings. The Balaban J connectivity index is 2.06. The lowest BCUT2D eigenvalue weighted by molar-refractivity contribution is 0.182. The van der Waals surface area contributed by atoms with Crippen LogP contribution in [0.4, 0.5) is 16.2 Å². The van der Waals surface area contributed by atoms with Crippen LogP contribution in [0, 0.1) is 0 Å². The molecule has 2 rings (SSSR count). The summed E-state index contributed by atoms with van der Waals surface area (Å²) in [6.45, 7) is 0.670. The summed E-state index contributed by atoms with van der Waals surface area (Å²) in [5, 5.41) is 14.0. The Hall–Kier alpha value is -2.00. The van der Waals surface area contributed by atoms with Gasteiger partial charge in [0.05, 0.1) is 25.0 Å². The van der Waals surface area contributed by atoms with Gasteiger partial charge >= 0.3 is 6.09 Å². The van der Waals surface area contributed by atoms with Gasteiger partial charge < -0.3 is 15.2 Å². The standard InChI is InChI=1S/C12H17N3O5S/c1-15(21(2,18)19)7-9-6-13-10-5-8(14-12(16)17)3-4-11(10)20-9/h3-5,9,13-14H,6-7H2,1-2H3,(H,16,17). The van der Waals surface area contributed by atoms with Crippen LogP contribution in [0.5, 0.6) is 5.75 Å². The minimum atomic E-state index is -3.25. The molecule has 0 fully saturated rings. The molecule has 1 aliphatic heterocycles. The van der Waals surface area contributed by atoms with E-state index in [1.54, 1.807) is 18.2 Å². The van der Waals surface area contributed by atoms with Crippen molar-refractivity contribution in [2.45, 2.75) is 6.10 Å². The molecule has 1 unspecified atom stereocenters. The summed E-state index contributed by atoms with van der Waals surface area (Å²) in [4.78, 5) is 10.6. The molecule has 116 valence electrons. The molecule has 0 bridgehead atoms. The van der Waals surface area contributed by atoms with Gasteiger partial charge in [0.25, 0.3) is 0 Å². The smallest absolute Gasteiger partial charge is 0.409 e. The minimum absolute atomic E-state index is 0.237. The van der Waals surface area contributed by atoms with Crippen molar-refractivity contribution in [3.8, 4) is 5.75 Å². The number of nitrogens with one attached hydrogen (secondary N) is 2. The van der Waals surface area contributed by atoms with E-state index in [0.717, 1.165) is 6.26 Å². The Kier molecular flexibility index (Phi) is 4.24. The number of anilines is 2. The number of nitrogens with zero attached hydrogens (tertiary/aromatic N) is 1. The van der Waals surface area contributed by atoms with Gasteiger partial charge in [-0.2, -0.15) is 0 Å². The van der Waals surface area contributed by atoms with E-state index in [0.29, 0.717) is 23.7 Å². The molecule has 0 radical (unpaired) electrons. The summed E-state index contributed by atoms with van der Waals surface area (Å²) in [7, 11) is -1.76. The maximum absolute atomic E-state index is 11.4. The number of ether oxygens (including phenoxy) is 1. The van der Waals surface area contributed by atoms with Gasteiger partial charge in [0.2, 0.25) is 10.0 Å². The second-order valence-electron chi connectivity index (χ2n) is 4.81. The number of carbonyl (C=O) groups is 1. The summed E-state index contributed by atoms with van der Waals surface area (Å²) in [5.41, 5.74) is 1.10. The molecule has 8 nitrogen and oxygen atoms in total. The van der Waals surface area contributed by atoms with E-state index < -0.39 is 16.1 Å². The van der Waals surface area contributed by atoms with Gasteiger partial charge in [-0.15, -0.1) is 0 Å². The Bertz CT molecular complexity index is 646. The van der Waals surface area contributed by atoms with Crippen LogP contribution in [-0.2, 0) is 10.0 Å². The van der Waals surface area contributed by atoms with Gasteiger partial charge in [-0.3, -0.25) is 5.32 Å². The third-order valence-corrected chi connectivity index (χ3v) is 4.35. The quantitative estimate of drug-likeness (QED) is 0.760. The summed E-state index contributed by atoms with van der Waals surface area (Å²) in [5.74, 6) is 0.559. The average molecular weight is 315 g/mol. The van der Waals surface area contributed by atoms with Crippen molar-refractivity contribution < 1.29 is 23.1 Å². The van der Waals surface area contributed by atoms with Crippen molar-refractivity contribution >= 4 is 27.5 Å². The van der Waals surface area contributed by atoms with Crippen LogP contribution in [0.25, 0.3) is 0 Å². The van der Waals surface area contributed by atoms with E-state index in [-0.39, 0.29) is 12.6 Å². The second kappa shape index (κ2) is 5.78. The molecule has 1 aromatic rings. The number of hydrogen-bond acceptors (Lipinski definition) is 5.